The zero-order valence-electron chi connectivity index (χ0n) is 3.15. The highest BCUT2D eigenvalue weighted by Crippen LogP contribution is 2.15. The van der Waals surface area contributed by atoms with Gasteiger partial charge in [0.25, 0.3) is 0 Å². The summed E-state index contributed by atoms with van der Waals surface area (Å²) in [7, 11) is -0.0232. The van der Waals surface area contributed by atoms with Gasteiger partial charge in [0.05, 0.1) is 13.2 Å². The van der Waals surface area contributed by atoms with Gasteiger partial charge in [0.15, 0.2) is 0 Å². The van der Waals surface area contributed by atoms with Gasteiger partial charge in [-0.15, -0.1) is 0 Å². The summed E-state index contributed by atoms with van der Waals surface area (Å²) in [6.45, 7) is 0.404. The fourth-order valence-corrected chi connectivity index (χ4v) is 0.484. The number of halogens is 1. The molecule has 1 atom stereocenters. The molecule has 1 unspecified atom stereocenters. The Bertz CT molecular complexity index is 23.5. The lowest BCUT2D eigenvalue weighted by atomic mass is 10.8. The van der Waals surface area contributed by atoms with Gasteiger partial charge in [0.1, 0.15) is 8.16 Å². The van der Waals surface area contributed by atoms with Crippen LogP contribution in [0.3, 0.4) is 0 Å². The summed E-state index contributed by atoms with van der Waals surface area (Å²) in [5.41, 5.74) is 0. The van der Waals surface area contributed by atoms with E-state index in [-0.39, 0.29) is 14.8 Å². The molecule has 0 aliphatic carbocycles. The second kappa shape index (κ2) is 5.64. The Kier molecular flexibility index (Phi) is 6.24. The molecule has 0 aliphatic heterocycles. The SMILES string of the molecule is OCCOPCl. The van der Waals surface area contributed by atoms with Gasteiger partial charge in [-0.05, 0) is 0 Å². The average Bonchev–Trinajstić information content (AvgIpc) is 1.61. The van der Waals surface area contributed by atoms with Crippen molar-refractivity contribution in [2.45, 2.75) is 0 Å². The predicted molar refractivity (Wildman–Crippen MR) is 27.2 cm³/mol. The van der Waals surface area contributed by atoms with Gasteiger partial charge in [0, 0.05) is 0 Å². The van der Waals surface area contributed by atoms with Crippen molar-refractivity contribution in [1.29, 1.82) is 0 Å². The number of aliphatic hydroxyl groups is 1. The highest BCUT2D eigenvalue weighted by molar-refractivity contribution is 7.64. The number of hydrogen-bond donors (Lipinski definition) is 1. The van der Waals surface area contributed by atoms with Gasteiger partial charge in [-0.1, -0.05) is 11.2 Å². The van der Waals surface area contributed by atoms with Crippen LogP contribution in [0.1, 0.15) is 0 Å². The van der Waals surface area contributed by atoms with E-state index in [4.69, 9.17) is 16.3 Å². The van der Waals surface area contributed by atoms with Crippen molar-refractivity contribution in [3.8, 4) is 0 Å². The van der Waals surface area contributed by atoms with E-state index in [0.29, 0.717) is 6.61 Å². The Morgan fingerprint density at radius 3 is 2.67 bits per heavy atom. The van der Waals surface area contributed by atoms with E-state index in [9.17, 15) is 0 Å². The average molecular weight is 128 g/mol. The molecule has 0 radical (unpaired) electrons. The molecule has 6 heavy (non-hydrogen) atoms. The third kappa shape index (κ3) is 4.64. The van der Waals surface area contributed by atoms with Crippen molar-refractivity contribution < 1.29 is 9.63 Å². The molecule has 0 saturated heterocycles. The van der Waals surface area contributed by atoms with Gasteiger partial charge in [-0.25, -0.2) is 0 Å². The summed E-state index contributed by atoms with van der Waals surface area (Å²) >= 11 is 5.07. The van der Waals surface area contributed by atoms with E-state index < -0.39 is 0 Å². The molecule has 0 aromatic carbocycles. The van der Waals surface area contributed by atoms with Crippen LogP contribution in [0.4, 0.5) is 0 Å². The van der Waals surface area contributed by atoms with Crippen LogP contribution >= 0.6 is 19.4 Å². The first kappa shape index (κ1) is 6.64. The molecule has 4 heteroatoms. The Morgan fingerprint density at radius 2 is 2.50 bits per heavy atom. The molecular weight excluding hydrogens is 122 g/mol. The normalized spacial score (nSPS) is 11.0. The molecule has 2 nitrogen and oxygen atoms in total. The highest BCUT2D eigenvalue weighted by atomic mass is 35.7. The van der Waals surface area contributed by atoms with Crippen LogP contribution in [-0.4, -0.2) is 18.3 Å². The third-order valence-corrected chi connectivity index (χ3v) is 0.888. The molecule has 0 aromatic rings. The summed E-state index contributed by atoms with van der Waals surface area (Å²) in [4.78, 5) is 0. The fraction of sp³-hybridized carbons (Fsp3) is 1.00. The summed E-state index contributed by atoms with van der Waals surface area (Å²) in [6.07, 6.45) is 0. The topological polar surface area (TPSA) is 29.5 Å². The molecular formula is C2H6ClO2P. The maximum absolute atomic E-state index is 8.02. The van der Waals surface area contributed by atoms with Crippen molar-refractivity contribution in [1.82, 2.24) is 0 Å². The van der Waals surface area contributed by atoms with E-state index in [2.05, 4.69) is 4.52 Å². The summed E-state index contributed by atoms with van der Waals surface area (Å²) in [6, 6.07) is 0. The molecule has 0 saturated carbocycles. The molecule has 1 N–H and O–H groups in total. The molecule has 0 rings (SSSR count). The first-order chi connectivity index (χ1) is 2.91. The van der Waals surface area contributed by atoms with Crippen LogP contribution in [0.2, 0.25) is 0 Å². The second-order valence-electron chi connectivity index (χ2n) is 0.649. The van der Waals surface area contributed by atoms with Crippen LogP contribution in [0.5, 0.6) is 0 Å². The lowest BCUT2D eigenvalue weighted by Crippen LogP contribution is -1.88. The number of hydrogen-bond acceptors (Lipinski definition) is 2. The number of rotatable bonds is 3. The van der Waals surface area contributed by atoms with Gasteiger partial charge in [-0.2, -0.15) is 0 Å². The first-order valence-electron chi connectivity index (χ1n) is 1.50. The predicted octanol–water partition coefficient (Wildman–Crippen LogP) is 0.743. The van der Waals surface area contributed by atoms with Gasteiger partial charge in [-0.3, -0.25) is 0 Å². The summed E-state index contributed by atoms with van der Waals surface area (Å²) < 4.78 is 4.53. The standard InChI is InChI=1S/C2H6ClO2P/c3-6-5-2-1-4/h4,6H,1-2H2. The minimum atomic E-state index is -0.0232. The van der Waals surface area contributed by atoms with Crippen molar-refractivity contribution in [2.24, 2.45) is 0 Å². The van der Waals surface area contributed by atoms with E-state index in [0.717, 1.165) is 0 Å². The minimum Gasteiger partial charge on any atom is -0.394 e. The van der Waals surface area contributed by atoms with E-state index in [1.54, 1.807) is 0 Å². The molecule has 0 bridgehead atoms. The number of aliphatic hydroxyl groups excluding tert-OH is 1. The van der Waals surface area contributed by atoms with Crippen molar-refractivity contribution in [3.05, 3.63) is 0 Å². The Balaban J connectivity index is 2.34. The van der Waals surface area contributed by atoms with Crippen molar-refractivity contribution in [3.63, 3.8) is 0 Å². The minimum absolute atomic E-state index is 0.0232. The van der Waals surface area contributed by atoms with E-state index in [1.807, 2.05) is 0 Å². The second-order valence-corrected chi connectivity index (χ2v) is 1.56. The van der Waals surface area contributed by atoms with Crippen molar-refractivity contribution >= 4 is 19.4 Å². The zero-order valence-corrected chi connectivity index (χ0v) is 4.90. The molecule has 0 spiro atoms. The van der Waals surface area contributed by atoms with Gasteiger partial charge in [0.2, 0.25) is 0 Å². The lowest BCUT2D eigenvalue weighted by Gasteiger charge is -1.88. The first-order valence-corrected chi connectivity index (χ1v) is 3.42. The highest BCUT2D eigenvalue weighted by Gasteiger charge is 1.75. The largest absolute Gasteiger partial charge is 0.394 e. The third-order valence-electron chi connectivity index (χ3n) is 0.248. The molecule has 0 amide bonds. The quantitative estimate of drug-likeness (QED) is 0.449. The monoisotopic (exact) mass is 128 g/mol. The van der Waals surface area contributed by atoms with E-state index >= 15 is 0 Å². The lowest BCUT2D eigenvalue weighted by molar-refractivity contribution is 0.219. The molecule has 0 aromatic heterocycles. The van der Waals surface area contributed by atoms with Crippen LogP contribution < -0.4 is 0 Å². The maximum atomic E-state index is 8.02. The van der Waals surface area contributed by atoms with Crippen LogP contribution in [-0.2, 0) is 4.52 Å². The Labute approximate surface area is 43.1 Å². The van der Waals surface area contributed by atoms with Crippen LogP contribution in [0.15, 0.2) is 0 Å². The van der Waals surface area contributed by atoms with Crippen LogP contribution in [0.25, 0.3) is 0 Å². The fourth-order valence-electron chi connectivity index (χ4n) is 0.0842. The molecule has 0 heterocycles. The van der Waals surface area contributed by atoms with E-state index in [1.165, 1.54) is 0 Å². The van der Waals surface area contributed by atoms with Gasteiger partial charge < -0.3 is 9.63 Å². The van der Waals surface area contributed by atoms with Crippen LogP contribution in [0, 0.1) is 0 Å². The zero-order chi connectivity index (χ0) is 4.83. The smallest absolute Gasteiger partial charge is 0.110 e. The van der Waals surface area contributed by atoms with Crippen molar-refractivity contribution in [2.75, 3.05) is 13.2 Å². The summed E-state index contributed by atoms with van der Waals surface area (Å²) in [5, 5.41) is 8.02. The maximum Gasteiger partial charge on any atom is 0.110 e. The summed E-state index contributed by atoms with van der Waals surface area (Å²) in [5.74, 6) is 0. The molecule has 0 aliphatic rings. The molecule has 0 fully saturated rings. The van der Waals surface area contributed by atoms with Gasteiger partial charge >= 0.3 is 0 Å². The Hall–Kier alpha value is 0.640. The molecule has 38 valence electrons. The Morgan fingerprint density at radius 1 is 1.83 bits per heavy atom.